The van der Waals surface area contributed by atoms with Crippen molar-refractivity contribution < 1.29 is 19.4 Å². The lowest BCUT2D eigenvalue weighted by Gasteiger charge is -2.20. The molecule has 0 aromatic heterocycles. The number of esters is 1. The van der Waals surface area contributed by atoms with Gasteiger partial charge in [-0.2, -0.15) is 0 Å². The van der Waals surface area contributed by atoms with Crippen LogP contribution >= 0.6 is 0 Å². The zero-order chi connectivity index (χ0) is 11.5. The lowest BCUT2D eigenvalue weighted by atomic mass is 10.2. The minimum Gasteiger partial charge on any atom is -0.458 e. The van der Waals surface area contributed by atoms with Crippen LogP contribution in [0.25, 0.3) is 0 Å². The Morgan fingerprint density at radius 2 is 2.13 bits per heavy atom. The molecule has 0 radical (unpaired) electrons. The van der Waals surface area contributed by atoms with Crippen LogP contribution in [0, 0.1) is 0 Å². The highest BCUT2D eigenvalue weighted by molar-refractivity contribution is 5.71. The van der Waals surface area contributed by atoms with Crippen LogP contribution in [0.1, 0.15) is 27.2 Å². The molecule has 15 heavy (non-hydrogen) atoms. The first-order chi connectivity index (χ1) is 6.87. The van der Waals surface area contributed by atoms with Gasteiger partial charge in [0.2, 0.25) is 0 Å². The van der Waals surface area contributed by atoms with Crippen LogP contribution in [0.2, 0.25) is 0 Å². The molecule has 1 rings (SSSR count). The fraction of sp³-hybridized carbons (Fsp3) is 0.727. The highest BCUT2D eigenvalue weighted by Crippen LogP contribution is 2.14. The van der Waals surface area contributed by atoms with Crippen molar-refractivity contribution in [1.82, 2.24) is 0 Å². The van der Waals surface area contributed by atoms with E-state index in [9.17, 15) is 4.79 Å². The van der Waals surface area contributed by atoms with E-state index in [1.165, 1.54) is 0 Å². The molecule has 1 unspecified atom stereocenters. The van der Waals surface area contributed by atoms with Gasteiger partial charge >= 0.3 is 5.97 Å². The largest absolute Gasteiger partial charge is 0.458 e. The van der Waals surface area contributed by atoms with Crippen molar-refractivity contribution in [3.05, 3.63) is 12.2 Å². The Balaban J connectivity index is 2.20. The fourth-order valence-corrected chi connectivity index (χ4v) is 1.32. The Hall–Kier alpha value is -0.870. The Morgan fingerprint density at radius 3 is 2.60 bits per heavy atom. The summed E-state index contributed by atoms with van der Waals surface area (Å²) in [7, 11) is 0. The van der Waals surface area contributed by atoms with Crippen molar-refractivity contribution in [2.75, 3.05) is 6.61 Å². The van der Waals surface area contributed by atoms with Crippen LogP contribution in [0.5, 0.6) is 0 Å². The van der Waals surface area contributed by atoms with E-state index in [-0.39, 0.29) is 18.7 Å². The molecule has 0 amide bonds. The third-order valence-corrected chi connectivity index (χ3v) is 1.86. The molecule has 0 aliphatic heterocycles. The Labute approximate surface area is 89.9 Å². The number of ether oxygens (including phenoxy) is 2. The maximum absolute atomic E-state index is 11.3. The van der Waals surface area contributed by atoms with Gasteiger partial charge in [0.25, 0.3) is 0 Å². The summed E-state index contributed by atoms with van der Waals surface area (Å²) in [6.07, 6.45) is 3.32. The van der Waals surface area contributed by atoms with Gasteiger partial charge in [-0.15, -0.1) is 0 Å². The van der Waals surface area contributed by atoms with E-state index in [0.717, 1.165) is 0 Å². The zero-order valence-corrected chi connectivity index (χ0v) is 9.40. The monoisotopic (exact) mass is 214 g/mol. The lowest BCUT2D eigenvalue weighted by molar-refractivity contribution is -0.161. The van der Waals surface area contributed by atoms with E-state index >= 15 is 0 Å². The molecule has 0 fully saturated rings. The first-order valence-corrected chi connectivity index (χ1v) is 5.06. The van der Waals surface area contributed by atoms with Crippen LogP contribution < -0.4 is 0 Å². The van der Waals surface area contributed by atoms with Gasteiger partial charge in [-0.3, -0.25) is 0 Å². The third-order valence-electron chi connectivity index (χ3n) is 1.86. The molecule has 1 aliphatic carbocycles. The van der Waals surface area contributed by atoms with Gasteiger partial charge in [-0.05, 0) is 20.8 Å². The molecule has 0 aromatic carbocycles. The number of aliphatic hydroxyl groups excluding tert-OH is 1. The van der Waals surface area contributed by atoms with Crippen molar-refractivity contribution in [3.8, 4) is 0 Å². The van der Waals surface area contributed by atoms with Crippen LogP contribution in [-0.4, -0.2) is 35.5 Å². The summed E-state index contributed by atoms with van der Waals surface area (Å²) in [5, 5.41) is 9.17. The summed E-state index contributed by atoms with van der Waals surface area (Å²) in [5.74, 6) is -0.378. The molecule has 0 bridgehead atoms. The smallest absolute Gasteiger partial charge is 0.332 e. The normalized spacial score (nSPS) is 25.6. The molecule has 4 heteroatoms. The van der Waals surface area contributed by atoms with Crippen LogP contribution in [0.15, 0.2) is 12.2 Å². The highest BCUT2D eigenvalue weighted by atomic mass is 16.6. The SMILES string of the molecule is CC(C)(C)OC(=O)COC1C=C[C@@H](O)C1. The van der Waals surface area contributed by atoms with Gasteiger partial charge in [0.1, 0.15) is 12.2 Å². The molecule has 0 saturated heterocycles. The quantitative estimate of drug-likeness (QED) is 0.563. The number of hydrogen-bond donors (Lipinski definition) is 1. The predicted molar refractivity (Wildman–Crippen MR) is 55.3 cm³/mol. The Bertz CT molecular complexity index is 252. The van der Waals surface area contributed by atoms with E-state index in [1.54, 1.807) is 12.2 Å². The average Bonchev–Trinajstić information content (AvgIpc) is 2.45. The summed E-state index contributed by atoms with van der Waals surface area (Å²) < 4.78 is 10.3. The van der Waals surface area contributed by atoms with Crippen LogP contribution in [0.4, 0.5) is 0 Å². The van der Waals surface area contributed by atoms with Crippen molar-refractivity contribution in [2.24, 2.45) is 0 Å². The first-order valence-electron chi connectivity index (χ1n) is 5.06. The van der Waals surface area contributed by atoms with E-state index in [4.69, 9.17) is 14.6 Å². The molecule has 0 saturated carbocycles. The summed E-state index contributed by atoms with van der Waals surface area (Å²) in [5.41, 5.74) is -0.481. The third kappa shape index (κ3) is 4.95. The van der Waals surface area contributed by atoms with Gasteiger partial charge in [-0.25, -0.2) is 4.79 Å². The summed E-state index contributed by atoms with van der Waals surface area (Å²) >= 11 is 0. The molecule has 0 spiro atoms. The molecule has 0 heterocycles. The second kappa shape index (κ2) is 4.77. The van der Waals surface area contributed by atoms with Gasteiger partial charge in [0, 0.05) is 6.42 Å². The molecule has 2 atom stereocenters. The summed E-state index contributed by atoms with van der Waals surface area (Å²) in [6, 6.07) is 0. The molecule has 0 aromatic rings. The summed E-state index contributed by atoms with van der Waals surface area (Å²) in [6.45, 7) is 5.36. The van der Waals surface area contributed by atoms with Crippen LogP contribution in [-0.2, 0) is 14.3 Å². The zero-order valence-electron chi connectivity index (χ0n) is 9.40. The first kappa shape index (κ1) is 12.2. The van der Waals surface area contributed by atoms with Gasteiger partial charge in [0.05, 0.1) is 12.2 Å². The number of carbonyl (C=O) groups is 1. The molecular weight excluding hydrogens is 196 g/mol. The average molecular weight is 214 g/mol. The molecule has 1 aliphatic rings. The number of carbonyl (C=O) groups excluding carboxylic acids is 1. The van der Waals surface area contributed by atoms with Crippen molar-refractivity contribution in [3.63, 3.8) is 0 Å². The van der Waals surface area contributed by atoms with Gasteiger partial charge in [0.15, 0.2) is 0 Å². The standard InChI is InChI=1S/C11H18O4/c1-11(2,3)15-10(13)7-14-9-5-4-8(12)6-9/h4-5,8-9,12H,6-7H2,1-3H3/t8-,9?/m1/s1. The molecule has 4 nitrogen and oxygen atoms in total. The molecular formula is C11H18O4. The number of rotatable bonds is 3. The Morgan fingerprint density at radius 1 is 1.47 bits per heavy atom. The van der Waals surface area contributed by atoms with E-state index in [2.05, 4.69) is 0 Å². The fourth-order valence-electron chi connectivity index (χ4n) is 1.32. The predicted octanol–water partition coefficient (Wildman–Crippen LogP) is 1.03. The van der Waals surface area contributed by atoms with Gasteiger partial charge in [-0.1, -0.05) is 12.2 Å². The summed E-state index contributed by atoms with van der Waals surface area (Å²) in [4.78, 5) is 11.3. The lowest BCUT2D eigenvalue weighted by Crippen LogP contribution is -2.28. The van der Waals surface area contributed by atoms with E-state index < -0.39 is 11.7 Å². The number of hydrogen-bond acceptors (Lipinski definition) is 4. The van der Waals surface area contributed by atoms with E-state index in [1.807, 2.05) is 20.8 Å². The molecule has 1 N–H and O–H groups in total. The minimum atomic E-state index is -0.481. The Kier molecular flexibility index (Phi) is 3.88. The second-order valence-corrected chi connectivity index (χ2v) is 4.62. The van der Waals surface area contributed by atoms with Crippen molar-refractivity contribution >= 4 is 5.97 Å². The topological polar surface area (TPSA) is 55.8 Å². The van der Waals surface area contributed by atoms with Crippen LogP contribution in [0.3, 0.4) is 0 Å². The van der Waals surface area contributed by atoms with Crippen molar-refractivity contribution in [1.29, 1.82) is 0 Å². The van der Waals surface area contributed by atoms with Crippen molar-refractivity contribution in [2.45, 2.75) is 45.0 Å². The number of aliphatic hydroxyl groups is 1. The second-order valence-electron chi connectivity index (χ2n) is 4.62. The maximum Gasteiger partial charge on any atom is 0.332 e. The minimum absolute atomic E-state index is 0.0704. The maximum atomic E-state index is 11.3. The van der Waals surface area contributed by atoms with Gasteiger partial charge < -0.3 is 14.6 Å². The van der Waals surface area contributed by atoms with E-state index in [0.29, 0.717) is 6.42 Å². The highest BCUT2D eigenvalue weighted by Gasteiger charge is 2.20. The molecule has 86 valence electrons.